The molecule has 0 aliphatic heterocycles. The first-order valence-corrected chi connectivity index (χ1v) is 6.32. The largest absolute Gasteiger partial charge is 0.314 e. The summed E-state index contributed by atoms with van der Waals surface area (Å²) in [7, 11) is 1.99. The van der Waals surface area contributed by atoms with Crippen LogP contribution in [0.2, 0.25) is 0 Å². The number of nitrogens with zero attached hydrogens (tertiary/aromatic N) is 3. The minimum atomic E-state index is 0.620. The highest BCUT2D eigenvalue weighted by molar-refractivity contribution is 5.09. The summed E-state index contributed by atoms with van der Waals surface area (Å²) in [5, 5.41) is 11.7. The molecule has 1 saturated carbocycles. The lowest BCUT2D eigenvalue weighted by Crippen LogP contribution is -2.33. The summed E-state index contributed by atoms with van der Waals surface area (Å²) in [5.74, 6) is 1.30. The highest BCUT2D eigenvalue weighted by Crippen LogP contribution is 2.38. The van der Waals surface area contributed by atoms with E-state index >= 15 is 0 Å². The van der Waals surface area contributed by atoms with Crippen LogP contribution in [0.1, 0.15) is 44.7 Å². The maximum atomic E-state index is 4.03. The number of aromatic nitrogens is 3. The highest BCUT2D eigenvalue weighted by atomic mass is 15.4. The van der Waals surface area contributed by atoms with Gasteiger partial charge in [0.25, 0.3) is 0 Å². The molecule has 0 saturated heterocycles. The summed E-state index contributed by atoms with van der Waals surface area (Å²) >= 11 is 0. The molecule has 1 aromatic rings. The van der Waals surface area contributed by atoms with Crippen molar-refractivity contribution < 1.29 is 0 Å². The molecule has 16 heavy (non-hydrogen) atoms. The predicted molar refractivity (Wildman–Crippen MR) is 64.2 cm³/mol. The van der Waals surface area contributed by atoms with E-state index in [-0.39, 0.29) is 0 Å². The van der Waals surface area contributed by atoms with Gasteiger partial charge in [0.2, 0.25) is 0 Å². The van der Waals surface area contributed by atoms with Crippen molar-refractivity contribution in [3.63, 3.8) is 0 Å². The van der Waals surface area contributed by atoms with Crippen molar-refractivity contribution in [2.45, 2.75) is 45.1 Å². The molecule has 0 aromatic carbocycles. The van der Waals surface area contributed by atoms with Gasteiger partial charge in [0.05, 0.1) is 11.9 Å². The summed E-state index contributed by atoms with van der Waals surface area (Å²) in [6.07, 6.45) is 5.66. The minimum Gasteiger partial charge on any atom is -0.314 e. The normalized spacial score (nSPS) is 29.8. The summed E-state index contributed by atoms with van der Waals surface area (Å²) < 4.78 is 1.92. The lowest BCUT2D eigenvalue weighted by Gasteiger charge is -2.21. The average molecular weight is 222 g/mol. The number of aryl methyl sites for hydroxylation is 1. The van der Waals surface area contributed by atoms with Gasteiger partial charge in [0.15, 0.2) is 0 Å². The van der Waals surface area contributed by atoms with Gasteiger partial charge in [-0.15, -0.1) is 5.10 Å². The lowest BCUT2D eigenvalue weighted by atomic mass is 9.93. The molecule has 4 heteroatoms. The van der Waals surface area contributed by atoms with E-state index in [1.54, 1.807) is 0 Å². The van der Waals surface area contributed by atoms with Crippen molar-refractivity contribution in [1.82, 2.24) is 20.3 Å². The van der Waals surface area contributed by atoms with Crippen molar-refractivity contribution in [3.05, 3.63) is 11.9 Å². The number of hydrogen-bond donors (Lipinski definition) is 1. The second kappa shape index (κ2) is 4.95. The number of nitrogens with one attached hydrogen (secondary N) is 1. The molecule has 4 nitrogen and oxygen atoms in total. The molecular formula is C12H22N4. The molecule has 0 radical (unpaired) electrons. The van der Waals surface area contributed by atoms with Crippen LogP contribution in [0.15, 0.2) is 6.20 Å². The zero-order valence-electron chi connectivity index (χ0n) is 10.5. The Morgan fingerprint density at radius 1 is 1.50 bits per heavy atom. The van der Waals surface area contributed by atoms with Crippen molar-refractivity contribution in [1.29, 1.82) is 0 Å². The molecule has 1 fully saturated rings. The molecule has 3 unspecified atom stereocenters. The topological polar surface area (TPSA) is 42.7 Å². The second-order valence-corrected chi connectivity index (χ2v) is 4.89. The molecule has 0 amide bonds. The van der Waals surface area contributed by atoms with Gasteiger partial charge in [-0.3, -0.25) is 4.68 Å². The van der Waals surface area contributed by atoms with Crippen LogP contribution < -0.4 is 5.32 Å². The Morgan fingerprint density at radius 2 is 2.31 bits per heavy atom. The number of hydrogen-bond acceptors (Lipinski definition) is 3. The molecular weight excluding hydrogens is 200 g/mol. The van der Waals surface area contributed by atoms with Gasteiger partial charge in [-0.25, -0.2) is 0 Å². The first-order valence-electron chi connectivity index (χ1n) is 6.32. The van der Waals surface area contributed by atoms with Crippen LogP contribution in [0.3, 0.4) is 0 Å². The van der Waals surface area contributed by atoms with E-state index in [9.17, 15) is 0 Å². The van der Waals surface area contributed by atoms with Crippen molar-refractivity contribution in [3.8, 4) is 0 Å². The van der Waals surface area contributed by atoms with E-state index in [1.807, 2.05) is 17.9 Å². The van der Waals surface area contributed by atoms with Crippen LogP contribution in [0.5, 0.6) is 0 Å². The molecule has 0 spiro atoms. The zero-order valence-corrected chi connectivity index (χ0v) is 10.5. The first kappa shape index (κ1) is 11.6. The van der Waals surface area contributed by atoms with Crippen LogP contribution in [0.25, 0.3) is 0 Å². The molecule has 1 heterocycles. The summed E-state index contributed by atoms with van der Waals surface area (Å²) in [4.78, 5) is 0. The van der Waals surface area contributed by atoms with Crippen molar-refractivity contribution >= 4 is 0 Å². The smallest absolute Gasteiger partial charge is 0.0728 e. The third kappa shape index (κ3) is 2.12. The first-order chi connectivity index (χ1) is 7.74. The Kier molecular flexibility index (Phi) is 3.59. The molecule has 2 rings (SSSR count). The number of rotatable bonds is 4. The van der Waals surface area contributed by atoms with E-state index in [0.717, 1.165) is 6.54 Å². The molecule has 90 valence electrons. The fraction of sp³-hybridized carbons (Fsp3) is 0.833. The lowest BCUT2D eigenvalue weighted by molar-refractivity contribution is 0.396. The second-order valence-electron chi connectivity index (χ2n) is 4.89. The molecule has 1 N–H and O–H groups in total. The van der Waals surface area contributed by atoms with Crippen LogP contribution >= 0.6 is 0 Å². The van der Waals surface area contributed by atoms with Crippen molar-refractivity contribution in [2.75, 3.05) is 6.54 Å². The van der Waals surface area contributed by atoms with Gasteiger partial charge in [-0.1, -0.05) is 19.1 Å². The quantitative estimate of drug-likeness (QED) is 0.843. The van der Waals surface area contributed by atoms with Gasteiger partial charge < -0.3 is 5.32 Å². The Hall–Kier alpha value is -0.900. The van der Waals surface area contributed by atoms with Crippen molar-refractivity contribution in [2.24, 2.45) is 13.0 Å². The molecule has 1 aliphatic carbocycles. The molecule has 3 atom stereocenters. The van der Waals surface area contributed by atoms with E-state index < -0.39 is 0 Å². The molecule has 0 bridgehead atoms. The molecule has 1 aliphatic rings. The maximum absolute atomic E-state index is 4.03. The highest BCUT2D eigenvalue weighted by Gasteiger charge is 2.34. The van der Waals surface area contributed by atoms with Gasteiger partial charge in [0, 0.05) is 19.0 Å². The van der Waals surface area contributed by atoms with Gasteiger partial charge in [-0.2, -0.15) is 0 Å². The maximum Gasteiger partial charge on any atom is 0.0728 e. The third-order valence-electron chi connectivity index (χ3n) is 3.84. The van der Waals surface area contributed by atoms with E-state index in [1.165, 1.54) is 25.0 Å². The van der Waals surface area contributed by atoms with Gasteiger partial charge in [-0.05, 0) is 31.7 Å². The minimum absolute atomic E-state index is 0.620. The summed E-state index contributed by atoms with van der Waals surface area (Å²) in [6, 6.07) is 0.667. The SMILES string of the molecule is CCCNC1CCC(c2cnnn2C)C1C. The summed E-state index contributed by atoms with van der Waals surface area (Å²) in [6.45, 7) is 5.69. The standard InChI is InChI=1S/C12H22N4/c1-4-7-13-11-6-5-10(9(11)2)12-8-14-15-16(12)3/h8-11,13H,4-7H2,1-3H3. The average Bonchev–Trinajstić information content (AvgIpc) is 2.83. The zero-order chi connectivity index (χ0) is 11.5. The third-order valence-corrected chi connectivity index (χ3v) is 3.84. The van der Waals surface area contributed by atoms with E-state index in [2.05, 4.69) is 29.5 Å². The monoisotopic (exact) mass is 222 g/mol. The predicted octanol–water partition coefficient (Wildman–Crippen LogP) is 1.70. The fourth-order valence-corrected chi connectivity index (χ4v) is 2.83. The Bertz CT molecular complexity index is 334. The Labute approximate surface area is 97.4 Å². The molecule has 1 aromatic heterocycles. The Morgan fingerprint density at radius 3 is 2.94 bits per heavy atom. The van der Waals surface area contributed by atoms with Crippen LogP contribution in [0.4, 0.5) is 0 Å². The van der Waals surface area contributed by atoms with E-state index in [0.29, 0.717) is 17.9 Å². The van der Waals surface area contributed by atoms with E-state index in [4.69, 9.17) is 0 Å². The van der Waals surface area contributed by atoms with Crippen LogP contribution in [-0.4, -0.2) is 27.6 Å². The summed E-state index contributed by atoms with van der Waals surface area (Å²) in [5.41, 5.74) is 1.29. The van der Waals surface area contributed by atoms with Gasteiger partial charge >= 0.3 is 0 Å². The Balaban J connectivity index is 2.02. The van der Waals surface area contributed by atoms with Crippen LogP contribution in [0, 0.1) is 5.92 Å². The van der Waals surface area contributed by atoms with Gasteiger partial charge in [0.1, 0.15) is 0 Å². The fourth-order valence-electron chi connectivity index (χ4n) is 2.83. The van der Waals surface area contributed by atoms with Crippen LogP contribution in [-0.2, 0) is 7.05 Å².